The van der Waals surface area contributed by atoms with Crippen LogP contribution in [0, 0.1) is 5.92 Å². The largest absolute Gasteiger partial charge is 0.493 e. The molecule has 3 atom stereocenters. The van der Waals surface area contributed by atoms with Gasteiger partial charge < -0.3 is 34.5 Å². The summed E-state index contributed by atoms with van der Waals surface area (Å²) in [5, 5.41) is 6.50. The van der Waals surface area contributed by atoms with Crippen molar-refractivity contribution in [3.63, 3.8) is 0 Å². The molecule has 1 fully saturated rings. The number of ether oxygens (including phenoxy) is 4. The molecule has 2 N–H and O–H groups in total. The van der Waals surface area contributed by atoms with Crippen molar-refractivity contribution in [2.24, 2.45) is 5.92 Å². The van der Waals surface area contributed by atoms with Crippen molar-refractivity contribution in [3.05, 3.63) is 17.7 Å². The highest BCUT2D eigenvalue weighted by atomic mass is 16.6. The fourth-order valence-electron chi connectivity index (χ4n) is 4.85. The molecule has 9 heteroatoms. The maximum absolute atomic E-state index is 13.1. The summed E-state index contributed by atoms with van der Waals surface area (Å²) in [5.41, 5.74) is 0.819. The minimum absolute atomic E-state index is 0.124. The predicted molar refractivity (Wildman–Crippen MR) is 134 cm³/mol. The smallest absolute Gasteiger partial charge is 0.410 e. The molecule has 3 rings (SSSR count). The average molecular weight is 492 g/mol. The maximum atomic E-state index is 13.1. The van der Waals surface area contributed by atoms with E-state index in [0.29, 0.717) is 24.6 Å². The fraction of sp³-hybridized carbons (Fsp3) is 0.692. The van der Waals surface area contributed by atoms with Crippen LogP contribution >= 0.6 is 0 Å². The molecule has 196 valence electrons. The lowest BCUT2D eigenvalue weighted by molar-refractivity contribution is 0.0196. The van der Waals surface area contributed by atoms with E-state index in [9.17, 15) is 9.59 Å². The second-order valence-corrected chi connectivity index (χ2v) is 11.2. The van der Waals surface area contributed by atoms with Crippen molar-refractivity contribution in [1.29, 1.82) is 0 Å². The lowest BCUT2D eigenvalue weighted by Gasteiger charge is -2.40. The molecule has 0 bridgehead atoms. The summed E-state index contributed by atoms with van der Waals surface area (Å²) in [4.78, 5) is 27.0. The van der Waals surface area contributed by atoms with Gasteiger partial charge >= 0.3 is 12.2 Å². The second-order valence-electron chi connectivity index (χ2n) is 11.2. The molecular formula is C26H41N3O6. The molecule has 0 saturated carbocycles. The summed E-state index contributed by atoms with van der Waals surface area (Å²) in [6.07, 6.45) is 1.74. The predicted octanol–water partition coefficient (Wildman–Crippen LogP) is 5.10. The molecule has 9 nitrogen and oxygen atoms in total. The Morgan fingerprint density at radius 3 is 2.26 bits per heavy atom. The van der Waals surface area contributed by atoms with Gasteiger partial charge in [0.15, 0.2) is 11.5 Å². The number of rotatable bonds is 6. The van der Waals surface area contributed by atoms with Crippen LogP contribution in [-0.4, -0.2) is 61.6 Å². The van der Waals surface area contributed by atoms with E-state index in [2.05, 4.69) is 10.6 Å². The lowest BCUT2D eigenvalue weighted by atomic mass is 9.81. The lowest BCUT2D eigenvalue weighted by Crippen LogP contribution is -2.43. The van der Waals surface area contributed by atoms with Crippen LogP contribution in [0.3, 0.4) is 0 Å². The summed E-state index contributed by atoms with van der Waals surface area (Å²) in [6, 6.07) is 3.88. The van der Waals surface area contributed by atoms with Crippen molar-refractivity contribution in [3.8, 4) is 11.5 Å². The standard InChI is InChI=1S/C26H41N3O6/c1-25(2,3)34-23(30)27-12-9-10-18-16-11-13-29(24(31)35-26(4,5)6)22(16)17-14-20(32-7)21(33-8)15-19(17)28-18/h14-16,18,22,28H,9-13H2,1-8H3,(H,27,30)/t16-,18-,22-/m0/s1. The van der Waals surface area contributed by atoms with Crippen molar-refractivity contribution in [2.45, 2.75) is 84.1 Å². The van der Waals surface area contributed by atoms with Gasteiger partial charge in [0, 0.05) is 42.4 Å². The first-order chi connectivity index (χ1) is 16.3. The van der Waals surface area contributed by atoms with Gasteiger partial charge in [-0.3, -0.25) is 0 Å². The van der Waals surface area contributed by atoms with Crippen LogP contribution in [0.4, 0.5) is 15.3 Å². The topological polar surface area (TPSA) is 98.4 Å². The van der Waals surface area contributed by atoms with Crippen LogP contribution in [0.1, 0.15) is 72.4 Å². The Balaban J connectivity index is 1.79. The molecule has 0 aliphatic carbocycles. The molecule has 2 aliphatic rings. The molecule has 2 aliphatic heterocycles. The number of hydrogen-bond acceptors (Lipinski definition) is 7. The third-order valence-electron chi connectivity index (χ3n) is 6.16. The molecule has 1 aromatic rings. The molecule has 1 aromatic carbocycles. The van der Waals surface area contributed by atoms with E-state index in [0.717, 1.165) is 30.5 Å². The minimum atomic E-state index is -0.574. The van der Waals surface area contributed by atoms with E-state index in [1.165, 1.54) is 0 Å². The number of anilines is 1. The summed E-state index contributed by atoms with van der Waals surface area (Å²) in [5.74, 6) is 1.46. The number of carbonyl (C=O) groups excluding carboxylic acids is 2. The Morgan fingerprint density at radius 1 is 1.03 bits per heavy atom. The van der Waals surface area contributed by atoms with Gasteiger partial charge in [-0.1, -0.05) is 0 Å². The van der Waals surface area contributed by atoms with Crippen molar-refractivity contribution in [2.75, 3.05) is 32.6 Å². The third-order valence-corrected chi connectivity index (χ3v) is 6.16. The summed E-state index contributed by atoms with van der Waals surface area (Å²) >= 11 is 0. The fourth-order valence-corrected chi connectivity index (χ4v) is 4.85. The van der Waals surface area contributed by atoms with Crippen molar-refractivity contribution >= 4 is 17.9 Å². The van der Waals surface area contributed by atoms with E-state index in [1.807, 2.05) is 58.6 Å². The van der Waals surface area contributed by atoms with Crippen LogP contribution in [0.15, 0.2) is 12.1 Å². The van der Waals surface area contributed by atoms with E-state index < -0.39 is 17.3 Å². The highest BCUT2D eigenvalue weighted by Gasteiger charge is 2.47. The highest BCUT2D eigenvalue weighted by Crippen LogP contribution is 2.50. The van der Waals surface area contributed by atoms with Gasteiger partial charge in [0.05, 0.1) is 20.3 Å². The second kappa shape index (κ2) is 10.4. The van der Waals surface area contributed by atoms with Gasteiger partial charge in [0.25, 0.3) is 0 Å². The molecule has 0 spiro atoms. The first kappa shape index (κ1) is 26.8. The van der Waals surface area contributed by atoms with E-state index in [4.69, 9.17) is 18.9 Å². The number of likely N-dealkylation sites (tertiary alicyclic amines) is 1. The van der Waals surface area contributed by atoms with Gasteiger partial charge in [-0.25, -0.2) is 9.59 Å². The highest BCUT2D eigenvalue weighted by molar-refractivity contribution is 5.72. The number of nitrogens with zero attached hydrogens (tertiary/aromatic N) is 1. The van der Waals surface area contributed by atoms with Crippen molar-refractivity contribution < 1.29 is 28.5 Å². The Morgan fingerprint density at radius 2 is 1.66 bits per heavy atom. The zero-order valence-electron chi connectivity index (χ0n) is 22.3. The minimum Gasteiger partial charge on any atom is -0.493 e. The van der Waals surface area contributed by atoms with E-state index >= 15 is 0 Å². The Hall–Kier alpha value is -2.84. The zero-order chi connectivity index (χ0) is 26.0. The number of benzene rings is 1. The third kappa shape index (κ3) is 6.64. The number of amides is 2. The van der Waals surface area contributed by atoms with Crippen LogP contribution in [0.2, 0.25) is 0 Å². The quantitative estimate of drug-likeness (QED) is 0.534. The average Bonchev–Trinajstić information content (AvgIpc) is 3.19. The molecule has 1 saturated heterocycles. The van der Waals surface area contributed by atoms with Crippen LogP contribution in [0.5, 0.6) is 11.5 Å². The van der Waals surface area contributed by atoms with Gasteiger partial charge in [-0.2, -0.15) is 0 Å². The molecule has 35 heavy (non-hydrogen) atoms. The molecular weight excluding hydrogens is 450 g/mol. The van der Waals surface area contributed by atoms with Crippen LogP contribution < -0.4 is 20.1 Å². The van der Waals surface area contributed by atoms with Gasteiger partial charge in [0.2, 0.25) is 0 Å². The monoisotopic (exact) mass is 491 g/mol. The Labute approximate surface area is 208 Å². The number of nitrogens with one attached hydrogen (secondary N) is 2. The zero-order valence-corrected chi connectivity index (χ0v) is 22.3. The van der Waals surface area contributed by atoms with Crippen LogP contribution in [-0.2, 0) is 9.47 Å². The maximum Gasteiger partial charge on any atom is 0.410 e. The molecule has 0 aromatic heterocycles. The first-order valence-corrected chi connectivity index (χ1v) is 12.3. The Bertz CT molecular complexity index is 921. The van der Waals surface area contributed by atoms with Crippen LogP contribution in [0.25, 0.3) is 0 Å². The molecule has 0 radical (unpaired) electrons. The number of carbonyl (C=O) groups is 2. The first-order valence-electron chi connectivity index (χ1n) is 12.3. The molecule has 2 amide bonds. The number of fused-ring (bicyclic) bond motifs is 3. The summed E-state index contributed by atoms with van der Waals surface area (Å²) in [6.45, 7) is 12.3. The molecule has 2 heterocycles. The van der Waals surface area contributed by atoms with Crippen molar-refractivity contribution in [1.82, 2.24) is 10.2 Å². The number of alkyl carbamates (subject to hydrolysis) is 1. The number of hydrogen-bond donors (Lipinski definition) is 2. The number of methoxy groups -OCH3 is 2. The van der Waals surface area contributed by atoms with E-state index in [1.54, 1.807) is 14.2 Å². The Kier molecular flexibility index (Phi) is 7.97. The summed E-state index contributed by atoms with van der Waals surface area (Å²) in [7, 11) is 3.22. The SMILES string of the molecule is COc1cc2c(cc1OC)[C@@H]1[C@@H](CCN1C(=O)OC(C)(C)C)[C@H](CCCNC(=O)OC(C)(C)C)N2. The molecule has 0 unspecified atom stereocenters. The summed E-state index contributed by atoms with van der Waals surface area (Å²) < 4.78 is 22.1. The van der Waals surface area contributed by atoms with Gasteiger partial charge in [0.1, 0.15) is 11.2 Å². The van der Waals surface area contributed by atoms with Gasteiger partial charge in [-0.05, 0) is 66.9 Å². The van der Waals surface area contributed by atoms with Gasteiger partial charge in [-0.15, -0.1) is 0 Å². The van der Waals surface area contributed by atoms with E-state index in [-0.39, 0.29) is 24.1 Å². The normalized spacial score (nSPS) is 21.4.